The number of anilines is 1. The molecule has 0 N–H and O–H groups in total. The maximum Gasteiger partial charge on any atom is 0.0373 e. The second-order valence-electron chi connectivity index (χ2n) is 4.92. The van der Waals surface area contributed by atoms with Gasteiger partial charge in [0.1, 0.15) is 0 Å². The molecule has 17 heavy (non-hydrogen) atoms. The zero-order valence-electron chi connectivity index (χ0n) is 10.7. The van der Waals surface area contributed by atoms with Gasteiger partial charge in [0.2, 0.25) is 0 Å². The molecule has 94 valence electrons. The molecular weight excluding hydrogens is 230 g/mol. The number of hydrogen-bond acceptors (Lipinski definition) is 1. The van der Waals surface area contributed by atoms with Gasteiger partial charge in [0.25, 0.3) is 0 Å². The van der Waals surface area contributed by atoms with Crippen LogP contribution in [0.4, 0.5) is 5.69 Å². The zero-order chi connectivity index (χ0) is 12.1. The molecule has 1 fully saturated rings. The number of nitrogens with zero attached hydrogens (tertiary/aromatic N) is 1. The van der Waals surface area contributed by atoms with Crippen LogP contribution in [-0.2, 0) is 6.42 Å². The molecule has 2 heteroatoms. The summed E-state index contributed by atoms with van der Waals surface area (Å²) in [6.07, 6.45) is 6.08. The minimum atomic E-state index is 0.274. The van der Waals surface area contributed by atoms with E-state index in [1.165, 1.54) is 43.6 Å². The van der Waals surface area contributed by atoms with Gasteiger partial charge >= 0.3 is 0 Å². The van der Waals surface area contributed by atoms with Gasteiger partial charge < -0.3 is 4.90 Å². The lowest BCUT2D eigenvalue weighted by atomic mass is 10.1. The van der Waals surface area contributed by atoms with Gasteiger partial charge in [-0.3, -0.25) is 0 Å². The molecular formula is C15H22ClN. The Morgan fingerprint density at radius 3 is 2.35 bits per heavy atom. The van der Waals surface area contributed by atoms with Crippen molar-refractivity contribution >= 4 is 17.3 Å². The SMILES string of the molecule is CCC(Cl)Cc1ccc(N2CCCCC2)cc1. The molecule has 2 rings (SSSR count). The molecule has 1 aromatic carbocycles. The van der Waals surface area contributed by atoms with E-state index >= 15 is 0 Å². The average Bonchev–Trinajstić information content (AvgIpc) is 2.40. The van der Waals surface area contributed by atoms with Crippen LogP contribution in [0.15, 0.2) is 24.3 Å². The number of rotatable bonds is 4. The van der Waals surface area contributed by atoms with Crippen molar-refractivity contribution in [3.8, 4) is 0 Å². The van der Waals surface area contributed by atoms with E-state index < -0.39 is 0 Å². The largest absolute Gasteiger partial charge is 0.372 e. The molecule has 1 aromatic rings. The predicted molar refractivity (Wildman–Crippen MR) is 76.1 cm³/mol. The molecule has 0 spiro atoms. The van der Waals surface area contributed by atoms with Crippen LogP contribution in [0.2, 0.25) is 0 Å². The summed E-state index contributed by atoms with van der Waals surface area (Å²) < 4.78 is 0. The molecule has 1 atom stereocenters. The Balaban J connectivity index is 1.97. The number of piperidine rings is 1. The van der Waals surface area contributed by atoms with Crippen molar-refractivity contribution in [2.45, 2.75) is 44.4 Å². The smallest absolute Gasteiger partial charge is 0.0373 e. The zero-order valence-corrected chi connectivity index (χ0v) is 11.4. The summed E-state index contributed by atoms with van der Waals surface area (Å²) in [7, 11) is 0. The number of alkyl halides is 1. The topological polar surface area (TPSA) is 3.24 Å². The standard InChI is InChI=1S/C15H22ClN/c1-2-14(16)12-13-6-8-15(9-7-13)17-10-4-3-5-11-17/h6-9,14H,2-5,10-12H2,1H3. The minimum Gasteiger partial charge on any atom is -0.372 e. The number of hydrogen-bond donors (Lipinski definition) is 0. The summed E-state index contributed by atoms with van der Waals surface area (Å²) in [4.78, 5) is 2.49. The summed E-state index contributed by atoms with van der Waals surface area (Å²) in [5.41, 5.74) is 2.73. The highest BCUT2D eigenvalue weighted by Gasteiger charge is 2.10. The Hall–Kier alpha value is -0.690. The fourth-order valence-corrected chi connectivity index (χ4v) is 2.57. The van der Waals surface area contributed by atoms with Crippen LogP contribution in [0, 0.1) is 0 Å². The molecule has 0 radical (unpaired) electrons. The van der Waals surface area contributed by atoms with Crippen LogP contribution in [0.25, 0.3) is 0 Å². The lowest BCUT2D eigenvalue weighted by molar-refractivity contribution is 0.578. The monoisotopic (exact) mass is 251 g/mol. The van der Waals surface area contributed by atoms with Crippen LogP contribution in [-0.4, -0.2) is 18.5 Å². The number of halogens is 1. The van der Waals surface area contributed by atoms with Crippen molar-refractivity contribution < 1.29 is 0 Å². The van der Waals surface area contributed by atoms with Crippen molar-refractivity contribution in [1.82, 2.24) is 0 Å². The van der Waals surface area contributed by atoms with Crippen molar-refractivity contribution in [3.63, 3.8) is 0 Å². The van der Waals surface area contributed by atoms with E-state index in [1.807, 2.05) is 0 Å². The van der Waals surface area contributed by atoms with Gasteiger partial charge in [0.15, 0.2) is 0 Å². The van der Waals surface area contributed by atoms with E-state index in [2.05, 4.69) is 36.1 Å². The van der Waals surface area contributed by atoms with Crippen LogP contribution in [0.5, 0.6) is 0 Å². The van der Waals surface area contributed by atoms with Crippen molar-refractivity contribution in [1.29, 1.82) is 0 Å². The van der Waals surface area contributed by atoms with Crippen LogP contribution < -0.4 is 4.90 Å². The molecule has 0 aromatic heterocycles. The van der Waals surface area contributed by atoms with Crippen molar-refractivity contribution in [2.24, 2.45) is 0 Å². The minimum absolute atomic E-state index is 0.274. The molecule has 0 saturated carbocycles. The van der Waals surface area contributed by atoms with Gasteiger partial charge in [-0.15, -0.1) is 11.6 Å². The third-order valence-corrected chi connectivity index (χ3v) is 4.02. The normalized spacial score (nSPS) is 18.1. The fraction of sp³-hybridized carbons (Fsp3) is 0.600. The third-order valence-electron chi connectivity index (χ3n) is 3.56. The molecule has 1 saturated heterocycles. The summed E-state index contributed by atoms with van der Waals surface area (Å²) in [6, 6.07) is 8.96. The molecule has 1 heterocycles. The van der Waals surface area contributed by atoms with Crippen molar-refractivity contribution in [3.05, 3.63) is 29.8 Å². The summed E-state index contributed by atoms with van der Waals surface area (Å²) in [5.74, 6) is 0. The maximum atomic E-state index is 6.18. The van der Waals surface area contributed by atoms with Gasteiger partial charge in [-0.05, 0) is 49.8 Å². The first-order chi connectivity index (χ1) is 8.29. The van der Waals surface area contributed by atoms with Gasteiger partial charge in [-0.2, -0.15) is 0 Å². The third kappa shape index (κ3) is 3.64. The Labute approximate surface area is 110 Å². The van der Waals surface area contributed by atoms with E-state index in [-0.39, 0.29) is 5.38 Å². The van der Waals surface area contributed by atoms with Gasteiger partial charge in [0.05, 0.1) is 0 Å². The van der Waals surface area contributed by atoms with E-state index in [9.17, 15) is 0 Å². The van der Waals surface area contributed by atoms with Gasteiger partial charge in [-0.25, -0.2) is 0 Å². The van der Waals surface area contributed by atoms with Crippen LogP contribution in [0.3, 0.4) is 0 Å². The molecule has 1 aliphatic heterocycles. The Kier molecular flexibility index (Phi) is 4.73. The first-order valence-electron chi connectivity index (χ1n) is 6.77. The molecule has 0 bridgehead atoms. The second kappa shape index (κ2) is 6.30. The number of benzene rings is 1. The summed E-state index contributed by atoms with van der Waals surface area (Å²) in [6.45, 7) is 4.57. The van der Waals surface area contributed by atoms with E-state index in [1.54, 1.807) is 0 Å². The van der Waals surface area contributed by atoms with Gasteiger partial charge in [0, 0.05) is 24.2 Å². The van der Waals surface area contributed by atoms with Gasteiger partial charge in [-0.1, -0.05) is 19.1 Å². The highest BCUT2D eigenvalue weighted by atomic mass is 35.5. The van der Waals surface area contributed by atoms with Crippen molar-refractivity contribution in [2.75, 3.05) is 18.0 Å². The van der Waals surface area contributed by atoms with E-state index in [4.69, 9.17) is 11.6 Å². The lowest BCUT2D eigenvalue weighted by Gasteiger charge is -2.28. The van der Waals surface area contributed by atoms with E-state index in [0.717, 1.165) is 12.8 Å². The molecule has 1 unspecified atom stereocenters. The average molecular weight is 252 g/mol. The second-order valence-corrected chi connectivity index (χ2v) is 5.54. The quantitative estimate of drug-likeness (QED) is 0.724. The van der Waals surface area contributed by atoms with Crippen LogP contribution in [0.1, 0.15) is 38.2 Å². The molecule has 1 nitrogen and oxygen atoms in total. The van der Waals surface area contributed by atoms with Crippen LogP contribution >= 0.6 is 11.6 Å². The summed E-state index contributed by atoms with van der Waals surface area (Å²) >= 11 is 6.18. The summed E-state index contributed by atoms with van der Waals surface area (Å²) in [5, 5.41) is 0.274. The molecule has 0 amide bonds. The molecule has 0 aliphatic carbocycles. The lowest BCUT2D eigenvalue weighted by Crippen LogP contribution is -2.29. The molecule has 1 aliphatic rings. The maximum absolute atomic E-state index is 6.18. The highest BCUT2D eigenvalue weighted by Crippen LogP contribution is 2.21. The Morgan fingerprint density at radius 1 is 1.12 bits per heavy atom. The highest BCUT2D eigenvalue weighted by molar-refractivity contribution is 6.20. The fourth-order valence-electron chi connectivity index (χ4n) is 2.40. The van der Waals surface area contributed by atoms with E-state index in [0.29, 0.717) is 0 Å². The first-order valence-corrected chi connectivity index (χ1v) is 7.21. The Bertz CT molecular complexity index is 327. The Morgan fingerprint density at radius 2 is 1.76 bits per heavy atom. The first kappa shape index (κ1) is 12.8. The predicted octanol–water partition coefficient (Wildman–Crippen LogP) is 4.24.